The fourth-order valence-electron chi connectivity index (χ4n) is 2.21. The van der Waals surface area contributed by atoms with Crippen LogP contribution in [-0.4, -0.2) is 93.7 Å². The highest BCUT2D eigenvalue weighted by atomic mass is 32.2. The molecule has 10 heteroatoms. The zero-order chi connectivity index (χ0) is 22.6. The molecule has 0 aliphatic heterocycles. The molecular formula is C20H37NO8S. The largest absolute Gasteiger partial charge is 0.481 e. The van der Waals surface area contributed by atoms with Gasteiger partial charge in [-0.1, -0.05) is 13.8 Å². The van der Waals surface area contributed by atoms with Crippen molar-refractivity contribution in [1.82, 2.24) is 5.32 Å². The molecule has 0 spiro atoms. The first-order valence-electron chi connectivity index (χ1n) is 10.3. The Labute approximate surface area is 183 Å². The number of carboxylic acids is 1. The Balaban J connectivity index is 3.36. The standard InChI is InChI=1S/C20H37NO8S/c1-4-16(2)17(22)5-7-26-9-11-28-13-14-29-12-10-27-8-6-21-20(25)18(30-3)15-19(23)24/h16,18H,4-15H2,1-3H3,(H,21,25)(H,23,24). The van der Waals surface area contributed by atoms with Crippen LogP contribution in [0.1, 0.15) is 33.1 Å². The Morgan fingerprint density at radius 3 is 1.87 bits per heavy atom. The number of rotatable bonds is 21. The third kappa shape index (κ3) is 16.6. The Morgan fingerprint density at radius 1 is 0.900 bits per heavy atom. The van der Waals surface area contributed by atoms with Crippen LogP contribution in [0.15, 0.2) is 0 Å². The van der Waals surface area contributed by atoms with Gasteiger partial charge in [0.2, 0.25) is 5.91 Å². The molecule has 176 valence electrons. The van der Waals surface area contributed by atoms with Gasteiger partial charge in [0, 0.05) is 18.9 Å². The topological polar surface area (TPSA) is 120 Å². The molecule has 0 aromatic carbocycles. The van der Waals surface area contributed by atoms with Gasteiger partial charge in [-0.3, -0.25) is 14.4 Å². The third-order valence-corrected chi connectivity index (χ3v) is 5.20. The lowest BCUT2D eigenvalue weighted by atomic mass is 10.0. The molecule has 0 aromatic rings. The minimum absolute atomic E-state index is 0.0982. The summed E-state index contributed by atoms with van der Waals surface area (Å²) in [5.41, 5.74) is 0. The highest BCUT2D eigenvalue weighted by Crippen LogP contribution is 2.10. The van der Waals surface area contributed by atoms with E-state index in [0.717, 1.165) is 6.42 Å². The van der Waals surface area contributed by atoms with E-state index >= 15 is 0 Å². The van der Waals surface area contributed by atoms with E-state index in [-0.39, 0.29) is 24.0 Å². The van der Waals surface area contributed by atoms with Crippen molar-refractivity contribution in [2.45, 2.75) is 38.4 Å². The SMILES string of the molecule is CCC(C)C(=O)CCOCCOCCOCCOCCNC(=O)C(CC(=O)O)SC. The molecule has 2 N–H and O–H groups in total. The summed E-state index contributed by atoms with van der Waals surface area (Å²) in [6.45, 7) is 7.61. The summed E-state index contributed by atoms with van der Waals surface area (Å²) in [5.74, 6) is -0.962. The van der Waals surface area contributed by atoms with E-state index < -0.39 is 11.2 Å². The summed E-state index contributed by atoms with van der Waals surface area (Å²) >= 11 is 1.21. The number of carboxylic acid groups (broad SMARTS) is 1. The number of hydrogen-bond acceptors (Lipinski definition) is 8. The number of hydrogen-bond donors (Lipinski definition) is 2. The van der Waals surface area contributed by atoms with E-state index in [9.17, 15) is 14.4 Å². The third-order valence-electron chi connectivity index (χ3n) is 4.25. The van der Waals surface area contributed by atoms with Crippen molar-refractivity contribution in [2.24, 2.45) is 5.92 Å². The van der Waals surface area contributed by atoms with Crippen molar-refractivity contribution in [3.63, 3.8) is 0 Å². The van der Waals surface area contributed by atoms with Crippen LogP contribution < -0.4 is 5.32 Å². The van der Waals surface area contributed by atoms with Crippen LogP contribution in [-0.2, 0) is 33.3 Å². The zero-order valence-corrected chi connectivity index (χ0v) is 19.2. The van der Waals surface area contributed by atoms with E-state index in [1.165, 1.54) is 11.8 Å². The number of nitrogens with one attached hydrogen (secondary N) is 1. The lowest BCUT2D eigenvalue weighted by Crippen LogP contribution is -2.36. The summed E-state index contributed by atoms with van der Waals surface area (Å²) in [6.07, 6.45) is 2.81. The van der Waals surface area contributed by atoms with E-state index in [1.807, 2.05) is 13.8 Å². The van der Waals surface area contributed by atoms with Gasteiger partial charge in [0.15, 0.2) is 0 Å². The van der Waals surface area contributed by atoms with Crippen molar-refractivity contribution in [1.29, 1.82) is 0 Å². The van der Waals surface area contributed by atoms with Crippen molar-refractivity contribution < 1.29 is 38.4 Å². The number of thioether (sulfide) groups is 1. The first kappa shape index (κ1) is 28.8. The van der Waals surface area contributed by atoms with Gasteiger partial charge in [0.25, 0.3) is 0 Å². The molecule has 0 aromatic heterocycles. The Bertz CT molecular complexity index is 478. The second-order valence-electron chi connectivity index (χ2n) is 6.59. The Hall–Kier alpha value is -1.20. The molecule has 30 heavy (non-hydrogen) atoms. The fourth-order valence-corrected chi connectivity index (χ4v) is 2.82. The van der Waals surface area contributed by atoms with Crippen LogP contribution in [0.3, 0.4) is 0 Å². The smallest absolute Gasteiger partial charge is 0.305 e. The van der Waals surface area contributed by atoms with Crippen LogP contribution in [0.25, 0.3) is 0 Å². The number of ketones is 1. The molecule has 0 aliphatic carbocycles. The summed E-state index contributed by atoms with van der Waals surface area (Å²) in [7, 11) is 0. The normalized spacial score (nSPS) is 13.0. The van der Waals surface area contributed by atoms with Crippen molar-refractivity contribution in [3.05, 3.63) is 0 Å². The van der Waals surface area contributed by atoms with Crippen LogP contribution >= 0.6 is 11.8 Å². The second kappa shape index (κ2) is 19.7. The molecule has 1 amide bonds. The minimum Gasteiger partial charge on any atom is -0.481 e. The molecule has 0 aliphatic rings. The van der Waals surface area contributed by atoms with Gasteiger partial charge < -0.3 is 29.4 Å². The van der Waals surface area contributed by atoms with Gasteiger partial charge in [-0.25, -0.2) is 0 Å². The van der Waals surface area contributed by atoms with Gasteiger partial charge in [-0.2, -0.15) is 11.8 Å². The molecule has 0 saturated carbocycles. The van der Waals surface area contributed by atoms with Gasteiger partial charge in [-0.05, 0) is 12.7 Å². The molecule has 0 bridgehead atoms. The molecule has 0 fully saturated rings. The highest BCUT2D eigenvalue weighted by Gasteiger charge is 2.19. The number of ether oxygens (including phenoxy) is 4. The van der Waals surface area contributed by atoms with E-state index in [2.05, 4.69) is 5.32 Å². The molecule has 2 unspecified atom stereocenters. The minimum atomic E-state index is -0.997. The van der Waals surface area contributed by atoms with Crippen molar-refractivity contribution in [3.8, 4) is 0 Å². The quantitative estimate of drug-likeness (QED) is 0.249. The van der Waals surface area contributed by atoms with E-state index in [0.29, 0.717) is 65.8 Å². The number of aliphatic carboxylic acids is 1. The van der Waals surface area contributed by atoms with E-state index in [1.54, 1.807) is 6.26 Å². The maximum Gasteiger partial charge on any atom is 0.305 e. The molecule has 0 rings (SSSR count). The summed E-state index contributed by atoms with van der Waals surface area (Å²) in [4.78, 5) is 34.1. The predicted molar refractivity (Wildman–Crippen MR) is 115 cm³/mol. The molecule has 0 saturated heterocycles. The maximum atomic E-state index is 11.8. The molecule has 0 radical (unpaired) electrons. The lowest BCUT2D eigenvalue weighted by molar-refractivity contribution is -0.138. The monoisotopic (exact) mass is 451 g/mol. The fraction of sp³-hybridized carbons (Fsp3) is 0.850. The molecule has 0 heterocycles. The van der Waals surface area contributed by atoms with Crippen LogP contribution in [0.4, 0.5) is 0 Å². The van der Waals surface area contributed by atoms with Crippen molar-refractivity contribution >= 4 is 29.4 Å². The van der Waals surface area contributed by atoms with Gasteiger partial charge >= 0.3 is 5.97 Å². The molecular weight excluding hydrogens is 414 g/mol. The number of amides is 1. The lowest BCUT2D eigenvalue weighted by Gasteiger charge is -2.12. The van der Waals surface area contributed by atoms with Crippen LogP contribution in [0.5, 0.6) is 0 Å². The molecule has 2 atom stereocenters. The highest BCUT2D eigenvalue weighted by molar-refractivity contribution is 7.99. The predicted octanol–water partition coefficient (Wildman–Crippen LogP) is 1.38. The summed E-state index contributed by atoms with van der Waals surface area (Å²) in [5, 5.41) is 10.8. The number of Topliss-reactive ketones (excluding diaryl/α,β-unsaturated/α-hetero) is 1. The first-order valence-corrected chi connectivity index (χ1v) is 11.6. The Kier molecular flexibility index (Phi) is 19.0. The summed E-state index contributed by atoms with van der Waals surface area (Å²) in [6, 6.07) is 0. The summed E-state index contributed by atoms with van der Waals surface area (Å²) < 4.78 is 21.5. The van der Waals surface area contributed by atoms with Crippen LogP contribution in [0, 0.1) is 5.92 Å². The van der Waals surface area contributed by atoms with Gasteiger partial charge in [0.1, 0.15) is 5.78 Å². The average molecular weight is 452 g/mol. The van der Waals surface area contributed by atoms with E-state index in [4.69, 9.17) is 24.1 Å². The Morgan fingerprint density at radius 2 is 1.40 bits per heavy atom. The van der Waals surface area contributed by atoms with Crippen molar-refractivity contribution in [2.75, 3.05) is 65.7 Å². The first-order chi connectivity index (χ1) is 14.4. The maximum absolute atomic E-state index is 11.8. The van der Waals surface area contributed by atoms with Crippen LogP contribution in [0.2, 0.25) is 0 Å². The second-order valence-corrected chi connectivity index (χ2v) is 7.63. The average Bonchev–Trinajstić information content (AvgIpc) is 2.73. The number of carbonyl (C=O) groups excluding carboxylic acids is 2. The van der Waals surface area contributed by atoms with Gasteiger partial charge in [0.05, 0.1) is 64.5 Å². The molecule has 9 nitrogen and oxygen atoms in total. The zero-order valence-electron chi connectivity index (χ0n) is 18.4. The van der Waals surface area contributed by atoms with Gasteiger partial charge in [-0.15, -0.1) is 0 Å². The number of carbonyl (C=O) groups is 3.